The summed E-state index contributed by atoms with van der Waals surface area (Å²) in [6.07, 6.45) is 2.93. The standard InChI is InChI=1S/C4H5O/c1-2-4-5-3-1/h1H,2,4H2. The summed E-state index contributed by atoms with van der Waals surface area (Å²) in [4.78, 5) is 0. The third-order valence-electron chi connectivity index (χ3n) is 0.531. The number of hydrogen-bond acceptors (Lipinski definition) is 1. The molecule has 1 nitrogen and oxygen atoms in total. The van der Waals surface area contributed by atoms with Gasteiger partial charge in [-0.3, -0.25) is 0 Å². The maximum Gasteiger partial charge on any atom is 0.136 e. The van der Waals surface area contributed by atoms with Crippen LogP contribution in [0.1, 0.15) is 6.42 Å². The monoisotopic (exact) mass is 69.0 g/mol. The predicted octanol–water partition coefficient (Wildman–Crippen LogP) is 0.650. The lowest BCUT2D eigenvalue weighted by atomic mass is 10.4. The van der Waals surface area contributed by atoms with Gasteiger partial charge in [-0.25, -0.2) is 0 Å². The van der Waals surface area contributed by atoms with Crippen LogP contribution in [0.4, 0.5) is 0 Å². The minimum absolute atomic E-state index is 0.833. The van der Waals surface area contributed by atoms with Crippen LogP contribution in [0.5, 0.6) is 0 Å². The van der Waals surface area contributed by atoms with Crippen LogP contribution in [0.15, 0.2) is 0 Å². The molecule has 1 aliphatic heterocycles. The maximum atomic E-state index is 4.64. The Morgan fingerprint density at radius 2 is 2.80 bits per heavy atom. The molecule has 0 N–H and O–H groups in total. The van der Waals surface area contributed by atoms with Gasteiger partial charge >= 0.3 is 0 Å². The molecule has 0 atom stereocenters. The van der Waals surface area contributed by atoms with Crippen molar-refractivity contribution in [2.24, 2.45) is 0 Å². The van der Waals surface area contributed by atoms with E-state index in [0.29, 0.717) is 0 Å². The van der Waals surface area contributed by atoms with Crippen molar-refractivity contribution in [1.82, 2.24) is 0 Å². The largest absolute Gasteiger partial charge is 0.368 e. The number of ether oxygens (including phenoxy) is 1. The fourth-order valence-electron chi connectivity index (χ4n) is 0.295. The molecule has 27 valence electrons. The molecular formula is C4H5O. The molecule has 0 aliphatic carbocycles. The molecule has 1 aliphatic rings. The van der Waals surface area contributed by atoms with Gasteiger partial charge in [0, 0.05) is 13.0 Å². The molecule has 0 aromatic rings. The van der Waals surface area contributed by atoms with Gasteiger partial charge in [0.05, 0.1) is 0 Å². The van der Waals surface area contributed by atoms with Crippen LogP contribution in [0, 0.1) is 13.0 Å². The van der Waals surface area contributed by atoms with Gasteiger partial charge in [0.15, 0.2) is 0 Å². The van der Waals surface area contributed by atoms with E-state index in [1.807, 2.05) is 6.42 Å². The third-order valence-corrected chi connectivity index (χ3v) is 0.531. The smallest absolute Gasteiger partial charge is 0.136 e. The Balaban J connectivity index is 2.08. The summed E-state index contributed by atoms with van der Waals surface area (Å²) in [5.74, 6) is 0. The molecular weight excluding hydrogens is 64.0 g/mol. The lowest BCUT2D eigenvalue weighted by molar-refractivity contribution is 0.257. The molecule has 0 spiro atoms. The molecule has 1 rings (SSSR count). The van der Waals surface area contributed by atoms with E-state index in [9.17, 15) is 0 Å². The minimum Gasteiger partial charge on any atom is -0.368 e. The summed E-state index contributed by atoms with van der Waals surface area (Å²) in [6.45, 7) is 3.43. The van der Waals surface area contributed by atoms with Gasteiger partial charge in [0.2, 0.25) is 0 Å². The van der Waals surface area contributed by atoms with E-state index in [0.717, 1.165) is 13.0 Å². The molecule has 0 aromatic carbocycles. The summed E-state index contributed by atoms with van der Waals surface area (Å²) in [7, 11) is 0. The van der Waals surface area contributed by atoms with E-state index in [2.05, 4.69) is 11.3 Å². The van der Waals surface area contributed by atoms with Gasteiger partial charge < -0.3 is 4.74 Å². The first-order valence-electron chi connectivity index (χ1n) is 1.69. The first-order valence-corrected chi connectivity index (χ1v) is 1.69. The summed E-state index contributed by atoms with van der Waals surface area (Å²) >= 11 is 0. The Hall–Kier alpha value is -0.0400. The second-order valence-electron chi connectivity index (χ2n) is 0.959. The average molecular weight is 69.1 g/mol. The fraction of sp³-hybridized carbons (Fsp3) is 0.500. The number of rotatable bonds is 0. The summed E-state index contributed by atoms with van der Waals surface area (Å²) in [5.41, 5.74) is 0. The quantitative estimate of drug-likeness (QED) is 0.406. The zero-order chi connectivity index (χ0) is 3.54. The van der Waals surface area contributed by atoms with Crippen molar-refractivity contribution < 1.29 is 4.74 Å². The van der Waals surface area contributed by atoms with Gasteiger partial charge in [-0.05, 0) is 6.42 Å². The van der Waals surface area contributed by atoms with Gasteiger partial charge in [0.1, 0.15) is 6.61 Å². The van der Waals surface area contributed by atoms with Crippen molar-refractivity contribution in [2.45, 2.75) is 6.42 Å². The van der Waals surface area contributed by atoms with Gasteiger partial charge in [-0.2, -0.15) is 0 Å². The van der Waals surface area contributed by atoms with Crippen molar-refractivity contribution in [3.05, 3.63) is 13.0 Å². The molecule has 1 heteroatoms. The first kappa shape index (κ1) is 3.16. The Labute approximate surface area is 31.9 Å². The van der Waals surface area contributed by atoms with E-state index < -0.39 is 0 Å². The molecule has 5 heavy (non-hydrogen) atoms. The highest BCUT2D eigenvalue weighted by Gasteiger charge is 1.97. The van der Waals surface area contributed by atoms with Crippen LogP contribution < -0.4 is 0 Å². The van der Waals surface area contributed by atoms with Crippen LogP contribution in [0.25, 0.3) is 0 Å². The van der Waals surface area contributed by atoms with Crippen LogP contribution in [-0.4, -0.2) is 6.61 Å². The highest BCUT2D eigenvalue weighted by Crippen LogP contribution is 2.02. The molecule has 0 aromatic heterocycles. The fourth-order valence-corrected chi connectivity index (χ4v) is 0.295. The predicted molar refractivity (Wildman–Crippen MR) is 18.1 cm³/mol. The Morgan fingerprint density at radius 3 is 3.00 bits per heavy atom. The topological polar surface area (TPSA) is 9.23 Å². The maximum absolute atomic E-state index is 4.64. The van der Waals surface area contributed by atoms with Gasteiger partial charge in [-0.15, -0.1) is 0 Å². The van der Waals surface area contributed by atoms with Crippen LogP contribution >= 0.6 is 0 Å². The van der Waals surface area contributed by atoms with E-state index in [1.54, 1.807) is 0 Å². The van der Waals surface area contributed by atoms with Crippen molar-refractivity contribution in [1.29, 1.82) is 0 Å². The summed E-state index contributed by atoms with van der Waals surface area (Å²) in [5, 5.41) is 0. The molecule has 1 heterocycles. The lowest BCUT2D eigenvalue weighted by Crippen LogP contribution is -1.69. The van der Waals surface area contributed by atoms with Crippen LogP contribution in [0.2, 0.25) is 0 Å². The minimum atomic E-state index is 0.833. The Morgan fingerprint density at radius 1 is 1.80 bits per heavy atom. The van der Waals surface area contributed by atoms with Gasteiger partial charge in [0.25, 0.3) is 0 Å². The second kappa shape index (κ2) is 1.41. The molecule has 1 fully saturated rings. The van der Waals surface area contributed by atoms with Crippen molar-refractivity contribution in [3.8, 4) is 0 Å². The number of hydrogen-bond donors (Lipinski definition) is 0. The van der Waals surface area contributed by atoms with Crippen molar-refractivity contribution >= 4 is 0 Å². The normalized spacial score (nSPS) is 24.0. The Kier molecular flexibility index (Phi) is 0.892. The average Bonchev–Trinajstić information content (AvgIpc) is 1.76. The van der Waals surface area contributed by atoms with E-state index in [1.165, 1.54) is 0 Å². The highest BCUT2D eigenvalue weighted by molar-refractivity contribution is 4.79. The third kappa shape index (κ3) is 0.618. The zero-order valence-electron chi connectivity index (χ0n) is 2.90. The molecule has 0 unspecified atom stereocenters. The molecule has 0 saturated carbocycles. The van der Waals surface area contributed by atoms with Crippen molar-refractivity contribution in [2.75, 3.05) is 6.61 Å². The molecule has 1 saturated heterocycles. The van der Waals surface area contributed by atoms with E-state index in [-0.39, 0.29) is 0 Å². The molecule has 0 amide bonds. The Bertz CT molecular complexity index is 15.2. The highest BCUT2D eigenvalue weighted by atomic mass is 16.5. The van der Waals surface area contributed by atoms with E-state index in [4.69, 9.17) is 0 Å². The van der Waals surface area contributed by atoms with Crippen LogP contribution in [0.3, 0.4) is 0 Å². The van der Waals surface area contributed by atoms with E-state index >= 15 is 0 Å². The molecule has 0 bridgehead atoms. The van der Waals surface area contributed by atoms with Crippen LogP contribution in [-0.2, 0) is 4.74 Å². The first-order chi connectivity index (χ1) is 2.50. The van der Waals surface area contributed by atoms with Gasteiger partial charge in [-0.1, -0.05) is 0 Å². The second-order valence-corrected chi connectivity index (χ2v) is 0.959. The SMILES string of the molecule is [C]1[CH]CCO1. The zero-order valence-corrected chi connectivity index (χ0v) is 2.90. The summed E-state index contributed by atoms with van der Waals surface area (Å²) in [6, 6.07) is 0. The summed E-state index contributed by atoms with van der Waals surface area (Å²) < 4.78 is 4.64. The lowest BCUT2D eigenvalue weighted by Gasteiger charge is -1.74. The molecule has 3 radical (unpaired) electrons. The van der Waals surface area contributed by atoms with Crippen molar-refractivity contribution in [3.63, 3.8) is 0 Å².